The lowest BCUT2D eigenvalue weighted by Crippen LogP contribution is -2.52. The Hall–Kier alpha value is -1.09. The van der Waals surface area contributed by atoms with E-state index in [0.717, 1.165) is 28.9 Å². The summed E-state index contributed by atoms with van der Waals surface area (Å²) in [5.74, 6) is 0. The molecule has 0 unspecified atom stereocenters. The first kappa shape index (κ1) is 16.0. The zero-order valence-electron chi connectivity index (χ0n) is 12.2. The van der Waals surface area contributed by atoms with Crippen molar-refractivity contribution in [3.63, 3.8) is 0 Å². The zero-order chi connectivity index (χ0) is 14.6. The molecule has 0 fully saturated rings. The first-order valence-electron chi connectivity index (χ1n) is 6.87. The number of rotatable bonds is 5. The second-order valence-corrected chi connectivity index (χ2v) is 10.2. The van der Waals surface area contributed by atoms with E-state index in [9.17, 15) is 15.3 Å². The lowest BCUT2D eigenvalue weighted by molar-refractivity contribution is 0.425. The topological polar surface area (TPSA) is 64.2 Å². The number of nitriles is 1. The van der Waals surface area contributed by atoms with E-state index < -0.39 is 15.2 Å². The molecular formula is C14H22BNO2Si. The van der Waals surface area contributed by atoms with E-state index in [1.54, 1.807) is 6.07 Å². The van der Waals surface area contributed by atoms with Crippen LogP contribution in [0.3, 0.4) is 0 Å². The number of aryl methyl sites for hydroxylation is 1. The van der Waals surface area contributed by atoms with Crippen LogP contribution in [0.1, 0.15) is 31.9 Å². The smallest absolute Gasteiger partial charge is 0.423 e. The Morgan fingerprint density at radius 3 is 2.05 bits per heavy atom. The summed E-state index contributed by atoms with van der Waals surface area (Å²) in [6.45, 7) is 8.57. The summed E-state index contributed by atoms with van der Waals surface area (Å²) < 4.78 is 0. The summed E-state index contributed by atoms with van der Waals surface area (Å²) in [5.41, 5.74) is 1.95. The van der Waals surface area contributed by atoms with Gasteiger partial charge >= 0.3 is 7.12 Å². The minimum Gasteiger partial charge on any atom is -0.423 e. The first-order chi connectivity index (χ1) is 8.97. The molecule has 0 spiro atoms. The Bertz CT molecular complexity index is 485. The molecule has 102 valence electrons. The Morgan fingerprint density at radius 1 is 1.16 bits per heavy atom. The van der Waals surface area contributed by atoms with Gasteiger partial charge in [0.15, 0.2) is 0 Å². The SMILES string of the molecule is CC[Si](CC)(CC)c1c(C)ccc(B(O)O)c1C#N. The highest BCUT2D eigenvalue weighted by Crippen LogP contribution is 2.23. The van der Waals surface area contributed by atoms with Crippen LogP contribution in [0.5, 0.6) is 0 Å². The normalized spacial score (nSPS) is 11.2. The quantitative estimate of drug-likeness (QED) is 0.795. The molecule has 0 radical (unpaired) electrons. The Morgan fingerprint density at radius 2 is 1.68 bits per heavy atom. The van der Waals surface area contributed by atoms with Gasteiger partial charge in [0.25, 0.3) is 0 Å². The minimum absolute atomic E-state index is 0.343. The molecular weight excluding hydrogens is 253 g/mol. The van der Waals surface area contributed by atoms with E-state index in [1.807, 2.05) is 13.0 Å². The molecule has 0 saturated heterocycles. The van der Waals surface area contributed by atoms with E-state index in [0.29, 0.717) is 11.0 Å². The van der Waals surface area contributed by atoms with Gasteiger partial charge in [0, 0.05) is 0 Å². The van der Waals surface area contributed by atoms with E-state index in [-0.39, 0.29) is 0 Å². The number of benzene rings is 1. The van der Waals surface area contributed by atoms with Crippen LogP contribution in [0.25, 0.3) is 0 Å². The van der Waals surface area contributed by atoms with Gasteiger partial charge in [0.1, 0.15) is 0 Å². The summed E-state index contributed by atoms with van der Waals surface area (Å²) in [7, 11) is -3.30. The maximum atomic E-state index is 9.47. The lowest BCUT2D eigenvalue weighted by atomic mass is 9.77. The Kier molecular flexibility index (Phi) is 5.36. The van der Waals surface area contributed by atoms with Crippen molar-refractivity contribution < 1.29 is 10.0 Å². The predicted molar refractivity (Wildman–Crippen MR) is 82.6 cm³/mol. The predicted octanol–water partition coefficient (Wildman–Crippen LogP) is 1.26. The van der Waals surface area contributed by atoms with Gasteiger partial charge in [-0.05, 0) is 17.6 Å². The van der Waals surface area contributed by atoms with Crippen LogP contribution in [0.15, 0.2) is 12.1 Å². The highest BCUT2D eigenvalue weighted by atomic mass is 28.3. The highest BCUT2D eigenvalue weighted by Gasteiger charge is 2.35. The zero-order valence-corrected chi connectivity index (χ0v) is 13.2. The first-order valence-corrected chi connectivity index (χ1v) is 9.49. The van der Waals surface area contributed by atoms with E-state index in [1.165, 1.54) is 0 Å². The van der Waals surface area contributed by atoms with Crippen molar-refractivity contribution in [3.8, 4) is 6.07 Å². The molecule has 0 aliphatic carbocycles. The van der Waals surface area contributed by atoms with Crippen molar-refractivity contribution in [3.05, 3.63) is 23.3 Å². The standard InChI is InChI=1S/C14H22BNO2Si/c1-5-19(6-2,7-3)14-11(4)8-9-13(15(17)18)12(14)10-16/h8-9,17-18H,5-7H2,1-4H3. The van der Waals surface area contributed by atoms with Gasteiger partial charge in [0.2, 0.25) is 0 Å². The lowest BCUT2D eigenvalue weighted by Gasteiger charge is -2.32. The summed E-state index contributed by atoms with van der Waals surface area (Å²) in [5, 5.41) is 29.5. The molecule has 0 heterocycles. The van der Waals surface area contributed by atoms with Crippen LogP contribution < -0.4 is 10.6 Å². The van der Waals surface area contributed by atoms with Crippen LogP contribution in [-0.2, 0) is 0 Å². The molecule has 2 N–H and O–H groups in total. The molecule has 1 aromatic rings. The molecule has 1 rings (SSSR count). The van der Waals surface area contributed by atoms with Crippen LogP contribution in [0.2, 0.25) is 18.1 Å². The summed E-state index contributed by atoms with van der Waals surface area (Å²) in [6.07, 6.45) is 0. The average molecular weight is 275 g/mol. The highest BCUT2D eigenvalue weighted by molar-refractivity contribution is 6.92. The summed E-state index contributed by atoms with van der Waals surface area (Å²) in [6, 6.07) is 8.98. The van der Waals surface area contributed by atoms with Crippen molar-refractivity contribution in [1.29, 1.82) is 5.26 Å². The molecule has 0 amide bonds. The molecule has 0 aliphatic rings. The molecule has 5 heteroatoms. The second kappa shape index (κ2) is 6.38. The molecule has 3 nitrogen and oxygen atoms in total. The van der Waals surface area contributed by atoms with Gasteiger partial charge in [-0.15, -0.1) is 0 Å². The molecule has 0 saturated carbocycles. The number of nitrogens with zero attached hydrogens (tertiary/aromatic N) is 1. The van der Waals surface area contributed by atoms with Crippen LogP contribution in [-0.4, -0.2) is 25.2 Å². The van der Waals surface area contributed by atoms with Gasteiger partial charge in [0.05, 0.1) is 19.7 Å². The molecule has 0 atom stereocenters. The van der Waals surface area contributed by atoms with Crippen LogP contribution in [0, 0.1) is 18.3 Å². The number of hydrogen-bond acceptors (Lipinski definition) is 3. The van der Waals surface area contributed by atoms with Crippen molar-refractivity contribution in [2.45, 2.75) is 45.8 Å². The minimum atomic E-state index is -1.73. The Labute approximate surface area is 117 Å². The molecule has 1 aromatic carbocycles. The van der Waals surface area contributed by atoms with Crippen molar-refractivity contribution in [2.75, 3.05) is 0 Å². The van der Waals surface area contributed by atoms with Gasteiger partial charge in [-0.2, -0.15) is 5.26 Å². The third-order valence-corrected chi connectivity index (χ3v) is 10.2. The van der Waals surface area contributed by atoms with E-state index in [4.69, 9.17) is 0 Å². The monoisotopic (exact) mass is 275 g/mol. The van der Waals surface area contributed by atoms with Crippen molar-refractivity contribution >= 4 is 25.8 Å². The molecule has 0 aliphatic heterocycles. The summed E-state index contributed by atoms with van der Waals surface area (Å²) >= 11 is 0. The molecule has 0 aromatic heterocycles. The maximum Gasteiger partial charge on any atom is 0.489 e. The van der Waals surface area contributed by atoms with Gasteiger partial charge in [-0.3, -0.25) is 0 Å². The third-order valence-electron chi connectivity index (χ3n) is 4.40. The third kappa shape index (κ3) is 2.76. The van der Waals surface area contributed by atoms with Gasteiger partial charge in [-0.25, -0.2) is 0 Å². The van der Waals surface area contributed by atoms with E-state index in [2.05, 4.69) is 26.8 Å². The van der Waals surface area contributed by atoms with Crippen LogP contribution in [0.4, 0.5) is 0 Å². The fourth-order valence-electron chi connectivity index (χ4n) is 3.02. The fourth-order valence-corrected chi connectivity index (χ4v) is 7.23. The van der Waals surface area contributed by atoms with Crippen molar-refractivity contribution in [1.82, 2.24) is 0 Å². The average Bonchev–Trinajstić information content (AvgIpc) is 2.42. The number of hydrogen-bond donors (Lipinski definition) is 2. The second-order valence-electron chi connectivity index (χ2n) is 5.05. The van der Waals surface area contributed by atoms with Gasteiger partial charge in [-0.1, -0.05) is 56.6 Å². The van der Waals surface area contributed by atoms with Crippen LogP contribution >= 0.6 is 0 Å². The molecule has 0 bridgehead atoms. The fraction of sp³-hybridized carbons (Fsp3) is 0.500. The Balaban J connectivity index is 3.66. The largest absolute Gasteiger partial charge is 0.489 e. The summed E-state index contributed by atoms with van der Waals surface area (Å²) in [4.78, 5) is 0. The maximum absolute atomic E-state index is 9.47. The molecule has 19 heavy (non-hydrogen) atoms. The van der Waals surface area contributed by atoms with E-state index >= 15 is 0 Å². The van der Waals surface area contributed by atoms with Crippen molar-refractivity contribution in [2.24, 2.45) is 0 Å². The van der Waals surface area contributed by atoms with Gasteiger partial charge < -0.3 is 10.0 Å².